The van der Waals surface area contributed by atoms with Crippen LogP contribution in [0.4, 0.5) is 5.69 Å². The number of amides is 1. The number of ether oxygens (including phenoxy) is 1. The first-order valence-electron chi connectivity index (χ1n) is 8.08. The maximum atomic E-state index is 12.4. The first-order chi connectivity index (χ1) is 11.5. The van der Waals surface area contributed by atoms with Gasteiger partial charge in [-0.05, 0) is 55.5 Å². The second kappa shape index (κ2) is 8.71. The van der Waals surface area contributed by atoms with E-state index in [0.29, 0.717) is 5.02 Å². The summed E-state index contributed by atoms with van der Waals surface area (Å²) < 4.78 is 5.19. The van der Waals surface area contributed by atoms with E-state index in [2.05, 4.69) is 17.6 Å². The van der Waals surface area contributed by atoms with E-state index in [4.69, 9.17) is 16.3 Å². The van der Waals surface area contributed by atoms with E-state index in [1.165, 1.54) is 5.56 Å². The van der Waals surface area contributed by atoms with Crippen LogP contribution >= 0.6 is 11.6 Å². The molecule has 0 saturated carbocycles. The number of carbonyl (C=O) groups excluding carboxylic acids is 1. The molecule has 0 fully saturated rings. The largest absolute Gasteiger partial charge is 0.497 e. The van der Waals surface area contributed by atoms with Gasteiger partial charge < -0.3 is 15.4 Å². The number of carbonyl (C=O) groups is 1. The van der Waals surface area contributed by atoms with Gasteiger partial charge in [0.15, 0.2) is 6.04 Å². The minimum absolute atomic E-state index is 0.0238. The number of benzene rings is 2. The fraction of sp³-hybridized carbons (Fsp3) is 0.316. The summed E-state index contributed by atoms with van der Waals surface area (Å²) in [4.78, 5) is 12.4. The van der Waals surface area contributed by atoms with Gasteiger partial charge in [0, 0.05) is 22.7 Å². The summed E-state index contributed by atoms with van der Waals surface area (Å²) in [6.07, 6.45) is 0.935. The van der Waals surface area contributed by atoms with Crippen LogP contribution in [0.3, 0.4) is 0 Å². The first kappa shape index (κ1) is 18.3. The van der Waals surface area contributed by atoms with E-state index in [1.54, 1.807) is 31.4 Å². The molecule has 0 unspecified atom stereocenters. The molecule has 2 aromatic carbocycles. The Hall–Kier alpha value is -2.04. The van der Waals surface area contributed by atoms with Crippen molar-refractivity contribution in [2.45, 2.75) is 32.4 Å². The summed E-state index contributed by atoms with van der Waals surface area (Å²) >= 11 is 5.86. The van der Waals surface area contributed by atoms with Crippen LogP contribution in [0.1, 0.15) is 31.9 Å². The highest BCUT2D eigenvalue weighted by Crippen LogP contribution is 2.17. The van der Waals surface area contributed by atoms with Gasteiger partial charge in [0.1, 0.15) is 11.8 Å². The number of hydrogen-bond donors (Lipinski definition) is 2. The van der Waals surface area contributed by atoms with E-state index in [-0.39, 0.29) is 18.0 Å². The lowest BCUT2D eigenvalue weighted by atomic mass is 10.0. The van der Waals surface area contributed by atoms with Gasteiger partial charge in [-0.2, -0.15) is 0 Å². The fourth-order valence-corrected chi connectivity index (χ4v) is 2.69. The Morgan fingerprint density at radius 1 is 1.17 bits per heavy atom. The maximum Gasteiger partial charge on any atom is 0.282 e. The van der Waals surface area contributed by atoms with Crippen LogP contribution in [0.25, 0.3) is 0 Å². The van der Waals surface area contributed by atoms with Gasteiger partial charge in [-0.15, -0.1) is 0 Å². The molecule has 0 aliphatic heterocycles. The third-order valence-electron chi connectivity index (χ3n) is 4.03. The van der Waals surface area contributed by atoms with Gasteiger partial charge in [-0.25, -0.2) is 0 Å². The van der Waals surface area contributed by atoms with Crippen LogP contribution in [-0.4, -0.2) is 19.1 Å². The van der Waals surface area contributed by atoms with Crippen molar-refractivity contribution in [1.82, 2.24) is 0 Å². The Kier molecular flexibility index (Phi) is 6.64. The second-order valence-electron chi connectivity index (χ2n) is 5.77. The number of rotatable bonds is 7. The summed E-state index contributed by atoms with van der Waals surface area (Å²) in [5.74, 6) is 0.811. The van der Waals surface area contributed by atoms with Crippen LogP contribution in [0.5, 0.6) is 5.75 Å². The third-order valence-corrected chi connectivity index (χ3v) is 4.28. The van der Waals surface area contributed by atoms with Crippen LogP contribution in [0, 0.1) is 0 Å². The first-order valence-corrected chi connectivity index (χ1v) is 8.46. The molecular formula is C19H24ClN2O2+. The molecule has 0 aromatic heterocycles. The highest BCUT2D eigenvalue weighted by molar-refractivity contribution is 6.30. The molecule has 3 N–H and O–H groups in total. The molecule has 0 spiro atoms. The highest BCUT2D eigenvalue weighted by atomic mass is 35.5. The van der Waals surface area contributed by atoms with E-state index < -0.39 is 0 Å². The van der Waals surface area contributed by atoms with Gasteiger partial charge >= 0.3 is 0 Å². The van der Waals surface area contributed by atoms with E-state index in [9.17, 15) is 4.79 Å². The number of methoxy groups -OCH3 is 1. The Bertz CT molecular complexity index is 656. The lowest BCUT2D eigenvalue weighted by Gasteiger charge is -2.19. The predicted molar refractivity (Wildman–Crippen MR) is 97.5 cm³/mol. The zero-order valence-electron chi connectivity index (χ0n) is 14.3. The molecule has 128 valence electrons. The van der Waals surface area contributed by atoms with Crippen LogP contribution in [0.15, 0.2) is 48.5 Å². The zero-order valence-corrected chi connectivity index (χ0v) is 15.0. The van der Waals surface area contributed by atoms with Crippen molar-refractivity contribution in [2.24, 2.45) is 0 Å². The number of halogens is 1. The van der Waals surface area contributed by atoms with Crippen LogP contribution < -0.4 is 15.4 Å². The number of nitrogens with two attached hydrogens (primary N) is 1. The maximum absolute atomic E-state index is 12.4. The monoisotopic (exact) mass is 347 g/mol. The molecule has 2 rings (SSSR count). The predicted octanol–water partition coefficient (Wildman–Crippen LogP) is 3.39. The van der Waals surface area contributed by atoms with Gasteiger partial charge in [0.2, 0.25) is 0 Å². The summed E-state index contributed by atoms with van der Waals surface area (Å²) in [7, 11) is 1.65. The van der Waals surface area contributed by atoms with Gasteiger partial charge in [-0.3, -0.25) is 4.79 Å². The summed E-state index contributed by atoms with van der Waals surface area (Å²) in [5.41, 5.74) is 1.94. The molecule has 0 aliphatic carbocycles. The van der Waals surface area contributed by atoms with E-state index in [0.717, 1.165) is 17.9 Å². The lowest BCUT2D eigenvalue weighted by Crippen LogP contribution is -2.92. The number of anilines is 1. The Labute approximate surface area is 148 Å². The molecule has 2 aromatic rings. The van der Waals surface area contributed by atoms with Crippen LogP contribution in [0.2, 0.25) is 5.02 Å². The molecule has 1 amide bonds. The van der Waals surface area contributed by atoms with Crippen molar-refractivity contribution in [3.63, 3.8) is 0 Å². The molecule has 0 bridgehead atoms. The minimum Gasteiger partial charge on any atom is -0.497 e. The normalized spacial score (nSPS) is 13.2. The average Bonchev–Trinajstić information content (AvgIpc) is 2.61. The topological polar surface area (TPSA) is 54.9 Å². The van der Waals surface area contributed by atoms with Gasteiger partial charge in [-0.1, -0.05) is 18.5 Å². The Balaban J connectivity index is 1.98. The molecule has 2 atom stereocenters. The van der Waals surface area contributed by atoms with Crippen molar-refractivity contribution in [1.29, 1.82) is 0 Å². The van der Waals surface area contributed by atoms with Crippen molar-refractivity contribution in [3.8, 4) is 5.75 Å². The molecule has 0 aliphatic rings. The van der Waals surface area contributed by atoms with Gasteiger partial charge in [0.05, 0.1) is 7.11 Å². The van der Waals surface area contributed by atoms with Crippen molar-refractivity contribution < 1.29 is 14.8 Å². The number of quaternary nitrogens is 1. The zero-order chi connectivity index (χ0) is 17.5. The van der Waals surface area contributed by atoms with E-state index >= 15 is 0 Å². The Morgan fingerprint density at radius 2 is 1.79 bits per heavy atom. The molecule has 0 radical (unpaired) electrons. The van der Waals surface area contributed by atoms with Crippen molar-refractivity contribution in [3.05, 3.63) is 59.1 Å². The van der Waals surface area contributed by atoms with E-state index in [1.807, 2.05) is 31.2 Å². The smallest absolute Gasteiger partial charge is 0.282 e. The summed E-state index contributed by atoms with van der Waals surface area (Å²) in [6, 6.07) is 15.1. The van der Waals surface area contributed by atoms with Crippen molar-refractivity contribution >= 4 is 23.2 Å². The van der Waals surface area contributed by atoms with Gasteiger partial charge in [0.25, 0.3) is 5.91 Å². The Morgan fingerprint density at radius 3 is 2.33 bits per heavy atom. The fourth-order valence-electron chi connectivity index (χ4n) is 2.56. The molecule has 5 heteroatoms. The quantitative estimate of drug-likeness (QED) is 0.806. The molecule has 4 nitrogen and oxygen atoms in total. The van der Waals surface area contributed by atoms with Crippen LogP contribution in [-0.2, 0) is 4.79 Å². The number of nitrogens with one attached hydrogen (secondary N) is 1. The second-order valence-corrected chi connectivity index (χ2v) is 6.20. The average molecular weight is 348 g/mol. The third kappa shape index (κ3) is 4.98. The highest BCUT2D eigenvalue weighted by Gasteiger charge is 2.22. The number of hydrogen-bond acceptors (Lipinski definition) is 2. The molecule has 24 heavy (non-hydrogen) atoms. The molecule has 0 saturated heterocycles. The molecular weight excluding hydrogens is 324 g/mol. The summed E-state index contributed by atoms with van der Waals surface area (Å²) in [5, 5.41) is 5.66. The van der Waals surface area contributed by atoms with Crippen molar-refractivity contribution in [2.75, 3.05) is 12.4 Å². The minimum atomic E-state index is -0.201. The lowest BCUT2D eigenvalue weighted by molar-refractivity contribution is -0.713. The molecule has 0 heterocycles. The summed E-state index contributed by atoms with van der Waals surface area (Å²) in [6.45, 7) is 4.03. The SMILES string of the molecule is CC[C@@H]([NH2+][C@@H](C)C(=O)Nc1ccc(Cl)cc1)c1ccc(OC)cc1. The standard InChI is InChI=1S/C19H23ClN2O2/c1-4-18(14-5-11-17(24-3)12-6-14)21-13(2)19(23)22-16-9-7-15(20)8-10-16/h5-13,18,21H,4H2,1-3H3,(H,22,23)/p+1/t13-,18+/m0/s1.